The van der Waals surface area contributed by atoms with Crippen LogP contribution in [0.25, 0.3) is 11.0 Å². The average molecular weight is 484 g/mol. The predicted molar refractivity (Wildman–Crippen MR) is 127 cm³/mol. The molecule has 0 spiro atoms. The Hall–Kier alpha value is -2.97. The Balaban J connectivity index is 1.40. The topological polar surface area (TPSA) is 90.4 Å². The maximum absolute atomic E-state index is 12.1. The van der Waals surface area contributed by atoms with Gasteiger partial charge in [0.15, 0.2) is 11.0 Å². The summed E-state index contributed by atoms with van der Waals surface area (Å²) in [7, 11) is 0. The first-order valence-electron chi connectivity index (χ1n) is 10.8. The molecule has 1 fully saturated rings. The number of nitrogens with zero attached hydrogens (tertiary/aromatic N) is 3. The van der Waals surface area contributed by atoms with Gasteiger partial charge in [-0.25, -0.2) is 4.79 Å². The summed E-state index contributed by atoms with van der Waals surface area (Å²) in [6, 6.07) is 12.6. The van der Waals surface area contributed by atoms with Gasteiger partial charge in [-0.1, -0.05) is 42.4 Å². The fraction of sp³-hybridized carbons (Fsp3) is 0.292. The van der Waals surface area contributed by atoms with Crippen LogP contribution in [0.2, 0.25) is 5.02 Å². The van der Waals surface area contributed by atoms with Crippen LogP contribution < -0.4 is 10.4 Å². The molecule has 0 saturated heterocycles. The summed E-state index contributed by atoms with van der Waals surface area (Å²) in [5.74, 6) is 2.01. The van der Waals surface area contributed by atoms with Gasteiger partial charge in [-0.2, -0.15) is 0 Å². The van der Waals surface area contributed by atoms with Gasteiger partial charge in [0.1, 0.15) is 23.7 Å². The van der Waals surface area contributed by atoms with Crippen molar-refractivity contribution < 1.29 is 14.3 Å². The van der Waals surface area contributed by atoms with E-state index in [4.69, 9.17) is 20.8 Å². The van der Waals surface area contributed by atoms with E-state index in [0.717, 1.165) is 40.3 Å². The zero-order valence-electron chi connectivity index (χ0n) is 18.0. The van der Waals surface area contributed by atoms with Gasteiger partial charge in [0.05, 0.1) is 5.02 Å². The second-order valence-corrected chi connectivity index (χ2v) is 9.28. The molecule has 9 heteroatoms. The number of hydrogen-bond donors (Lipinski definition) is 1. The molecule has 0 amide bonds. The first-order chi connectivity index (χ1) is 16.0. The summed E-state index contributed by atoms with van der Waals surface area (Å²) in [5.41, 5.74) is 1.58. The third-order valence-corrected chi connectivity index (χ3v) is 6.91. The van der Waals surface area contributed by atoms with Gasteiger partial charge in [0, 0.05) is 29.3 Å². The number of halogens is 1. The summed E-state index contributed by atoms with van der Waals surface area (Å²) in [6.07, 6.45) is 2.82. The second kappa shape index (κ2) is 9.11. The molecule has 0 aliphatic heterocycles. The van der Waals surface area contributed by atoms with Gasteiger partial charge in [0.25, 0.3) is 0 Å². The molecule has 5 rings (SSSR count). The molecule has 1 N–H and O–H groups in total. The fourth-order valence-electron chi connectivity index (χ4n) is 3.76. The monoisotopic (exact) mass is 483 g/mol. The van der Waals surface area contributed by atoms with Crippen molar-refractivity contribution >= 4 is 34.3 Å². The van der Waals surface area contributed by atoms with E-state index in [9.17, 15) is 9.90 Å². The Labute approximate surface area is 199 Å². The number of hydrogen-bond acceptors (Lipinski definition) is 7. The van der Waals surface area contributed by atoms with Crippen molar-refractivity contribution in [2.75, 3.05) is 0 Å². The summed E-state index contributed by atoms with van der Waals surface area (Å²) in [5, 5.41) is 21.1. The Bertz CT molecular complexity index is 1380. The van der Waals surface area contributed by atoms with E-state index in [1.807, 2.05) is 31.2 Å². The molecule has 2 aromatic heterocycles. The second-order valence-electron chi connectivity index (χ2n) is 7.93. The number of aromatic hydroxyl groups is 1. The minimum absolute atomic E-state index is 0.134. The lowest BCUT2D eigenvalue weighted by molar-refractivity contribution is 0.288. The van der Waals surface area contributed by atoms with Crippen LogP contribution in [-0.2, 0) is 18.8 Å². The quantitative estimate of drug-likeness (QED) is 0.261. The van der Waals surface area contributed by atoms with Gasteiger partial charge in [-0.15, -0.1) is 10.2 Å². The Morgan fingerprint density at radius 3 is 2.79 bits per heavy atom. The smallest absolute Gasteiger partial charge is 0.336 e. The zero-order chi connectivity index (χ0) is 22.9. The molecule has 33 heavy (non-hydrogen) atoms. The first-order valence-corrected chi connectivity index (χ1v) is 12.1. The molecule has 2 aromatic carbocycles. The third kappa shape index (κ3) is 4.58. The number of benzene rings is 2. The van der Waals surface area contributed by atoms with Crippen molar-refractivity contribution in [2.45, 2.75) is 49.7 Å². The highest BCUT2D eigenvalue weighted by atomic mass is 35.5. The number of phenols is 1. The Morgan fingerprint density at radius 1 is 1.21 bits per heavy atom. The van der Waals surface area contributed by atoms with Crippen LogP contribution in [-0.4, -0.2) is 19.9 Å². The SMILES string of the molecule is CCc1cc2c(CSc3nnc(COc4ccccc4Cl)n3C3CC3)cc(=O)oc2cc1O. The lowest BCUT2D eigenvalue weighted by atomic mass is 10.1. The normalized spacial score (nSPS) is 13.5. The molecule has 1 saturated carbocycles. The predicted octanol–water partition coefficient (Wildman–Crippen LogP) is 5.51. The number of aryl methyl sites for hydroxylation is 1. The van der Waals surface area contributed by atoms with E-state index in [1.54, 1.807) is 6.07 Å². The highest BCUT2D eigenvalue weighted by Gasteiger charge is 2.30. The van der Waals surface area contributed by atoms with E-state index >= 15 is 0 Å². The molecule has 1 aliphatic rings. The number of para-hydroxylation sites is 1. The van der Waals surface area contributed by atoms with E-state index in [2.05, 4.69) is 14.8 Å². The lowest BCUT2D eigenvalue weighted by Gasteiger charge is -2.11. The van der Waals surface area contributed by atoms with Gasteiger partial charge >= 0.3 is 5.63 Å². The number of thioether (sulfide) groups is 1. The van der Waals surface area contributed by atoms with Crippen molar-refractivity contribution in [1.82, 2.24) is 14.8 Å². The molecule has 0 bridgehead atoms. The number of fused-ring (bicyclic) bond motifs is 1. The van der Waals surface area contributed by atoms with E-state index in [-0.39, 0.29) is 12.4 Å². The standard InChI is InChI=1S/C24H22ClN3O4S/c1-2-14-9-17-15(10-23(30)32-21(17)11-19(14)29)13-33-24-27-26-22(28(24)16-7-8-16)12-31-20-6-4-3-5-18(20)25/h3-6,9-11,16,29H,2,7-8,12-13H2,1H3. The fourth-order valence-corrected chi connectivity index (χ4v) is 4.97. The zero-order valence-corrected chi connectivity index (χ0v) is 19.5. The minimum Gasteiger partial charge on any atom is -0.508 e. The van der Waals surface area contributed by atoms with Gasteiger partial charge in [-0.05, 0) is 48.6 Å². The van der Waals surface area contributed by atoms with Crippen LogP contribution in [0.4, 0.5) is 0 Å². The number of rotatable bonds is 8. The maximum Gasteiger partial charge on any atom is 0.336 e. The largest absolute Gasteiger partial charge is 0.508 e. The number of phenolic OH excluding ortho intramolecular Hbond substituents is 1. The van der Waals surface area contributed by atoms with E-state index < -0.39 is 5.63 Å². The molecule has 4 aromatic rings. The number of ether oxygens (including phenoxy) is 1. The van der Waals surface area contributed by atoms with E-state index in [0.29, 0.717) is 34.6 Å². The van der Waals surface area contributed by atoms with Crippen molar-refractivity contribution in [3.63, 3.8) is 0 Å². The van der Waals surface area contributed by atoms with Crippen LogP contribution >= 0.6 is 23.4 Å². The summed E-state index contributed by atoms with van der Waals surface area (Å²) in [4.78, 5) is 12.1. The molecule has 2 heterocycles. The van der Waals surface area contributed by atoms with Crippen LogP contribution in [0.1, 0.15) is 42.8 Å². The average Bonchev–Trinajstić information content (AvgIpc) is 3.56. The maximum atomic E-state index is 12.1. The van der Waals surface area contributed by atoms with Gasteiger partial charge in [-0.3, -0.25) is 4.57 Å². The summed E-state index contributed by atoms with van der Waals surface area (Å²) in [6.45, 7) is 2.24. The molecule has 0 atom stereocenters. The van der Waals surface area contributed by atoms with Crippen molar-refractivity contribution in [3.8, 4) is 11.5 Å². The number of aromatic nitrogens is 3. The molecule has 1 aliphatic carbocycles. The summed E-state index contributed by atoms with van der Waals surface area (Å²) >= 11 is 7.72. The highest BCUT2D eigenvalue weighted by molar-refractivity contribution is 7.98. The Morgan fingerprint density at radius 2 is 2.03 bits per heavy atom. The van der Waals surface area contributed by atoms with Gasteiger partial charge < -0.3 is 14.3 Å². The van der Waals surface area contributed by atoms with Crippen LogP contribution in [0.15, 0.2) is 56.8 Å². The van der Waals surface area contributed by atoms with Gasteiger partial charge in [0.2, 0.25) is 0 Å². The van der Waals surface area contributed by atoms with Crippen molar-refractivity contribution in [2.24, 2.45) is 0 Å². The molecule has 170 valence electrons. The van der Waals surface area contributed by atoms with Crippen LogP contribution in [0.3, 0.4) is 0 Å². The Kier molecular flexibility index (Phi) is 6.03. The molecule has 0 unspecified atom stereocenters. The molecular formula is C24H22ClN3O4S. The van der Waals surface area contributed by atoms with E-state index in [1.165, 1.54) is 23.9 Å². The minimum atomic E-state index is -0.445. The third-order valence-electron chi connectivity index (χ3n) is 5.61. The van der Waals surface area contributed by atoms with Crippen LogP contribution in [0.5, 0.6) is 11.5 Å². The molecule has 7 nitrogen and oxygen atoms in total. The molecular weight excluding hydrogens is 462 g/mol. The first kappa shape index (κ1) is 21.9. The molecule has 0 radical (unpaired) electrons. The summed E-state index contributed by atoms with van der Waals surface area (Å²) < 4.78 is 13.3. The highest BCUT2D eigenvalue weighted by Crippen LogP contribution is 2.40. The lowest BCUT2D eigenvalue weighted by Crippen LogP contribution is -2.07. The van der Waals surface area contributed by atoms with Crippen LogP contribution in [0, 0.1) is 0 Å². The van der Waals surface area contributed by atoms with Crippen molar-refractivity contribution in [1.29, 1.82) is 0 Å². The van der Waals surface area contributed by atoms with Crippen molar-refractivity contribution in [3.05, 3.63) is 74.9 Å².